The smallest absolute Gasteiger partial charge is 0.220 e. The lowest BCUT2D eigenvalue weighted by Crippen LogP contribution is -2.42. The van der Waals surface area contributed by atoms with Gasteiger partial charge in [-0.3, -0.25) is 4.98 Å². The number of sulfonamides is 1. The van der Waals surface area contributed by atoms with Crippen LogP contribution in [-0.2, 0) is 16.6 Å². The van der Waals surface area contributed by atoms with Crippen LogP contribution in [0.4, 0.5) is 0 Å². The summed E-state index contributed by atoms with van der Waals surface area (Å²) >= 11 is 6.20. The molecule has 1 fully saturated rings. The maximum Gasteiger partial charge on any atom is 0.220 e. The van der Waals surface area contributed by atoms with Crippen molar-refractivity contribution >= 4 is 32.5 Å². The summed E-state index contributed by atoms with van der Waals surface area (Å²) in [5, 5.41) is 4.87. The minimum Gasteiger partial charge on any atom is -0.311 e. The summed E-state index contributed by atoms with van der Waals surface area (Å²) in [6, 6.07) is 7.58. The highest BCUT2D eigenvalue weighted by Gasteiger charge is 2.55. The summed E-state index contributed by atoms with van der Waals surface area (Å²) in [5.41, 5.74) is 1.87. The van der Waals surface area contributed by atoms with Crippen molar-refractivity contribution in [3.8, 4) is 0 Å². The maximum atomic E-state index is 12.4. The first-order chi connectivity index (χ1) is 10.9. The first-order valence-electron chi connectivity index (χ1n) is 7.52. The van der Waals surface area contributed by atoms with Gasteiger partial charge in [-0.05, 0) is 36.6 Å². The lowest BCUT2D eigenvalue weighted by molar-refractivity contribution is 0.492. The van der Waals surface area contributed by atoms with Crippen molar-refractivity contribution in [2.75, 3.05) is 20.6 Å². The second-order valence-corrected chi connectivity index (χ2v) is 9.13. The van der Waals surface area contributed by atoms with Gasteiger partial charge in [-0.25, -0.2) is 12.7 Å². The fourth-order valence-corrected chi connectivity index (χ4v) is 4.71. The van der Waals surface area contributed by atoms with Gasteiger partial charge in [0.2, 0.25) is 10.0 Å². The van der Waals surface area contributed by atoms with Crippen LogP contribution in [0.15, 0.2) is 30.5 Å². The zero-order valence-electron chi connectivity index (χ0n) is 13.2. The number of rotatable bonds is 6. The molecule has 3 rings (SSSR count). The molecular formula is C16H20ClN3O2S. The molecular weight excluding hydrogens is 334 g/mol. The third-order valence-corrected chi connectivity index (χ3v) is 7.34. The largest absolute Gasteiger partial charge is 0.311 e. The summed E-state index contributed by atoms with van der Waals surface area (Å²) in [7, 11) is -0.0563. The van der Waals surface area contributed by atoms with Crippen LogP contribution in [0.25, 0.3) is 10.9 Å². The normalized spacial score (nSPS) is 16.9. The molecule has 7 heteroatoms. The van der Waals surface area contributed by atoms with Crippen LogP contribution < -0.4 is 5.32 Å². The van der Waals surface area contributed by atoms with E-state index in [9.17, 15) is 8.42 Å². The summed E-state index contributed by atoms with van der Waals surface area (Å²) < 4.78 is 25.4. The van der Waals surface area contributed by atoms with Crippen molar-refractivity contribution < 1.29 is 8.42 Å². The van der Waals surface area contributed by atoms with Crippen LogP contribution in [0.1, 0.15) is 18.4 Å². The van der Waals surface area contributed by atoms with Crippen LogP contribution in [-0.4, -0.2) is 43.1 Å². The molecule has 1 N–H and O–H groups in total. The number of nitrogens with zero attached hydrogens (tertiary/aromatic N) is 2. The molecule has 1 heterocycles. The van der Waals surface area contributed by atoms with E-state index in [1.54, 1.807) is 20.3 Å². The van der Waals surface area contributed by atoms with E-state index in [0.29, 0.717) is 31.0 Å². The zero-order valence-corrected chi connectivity index (χ0v) is 14.8. The molecule has 1 aliphatic rings. The molecule has 23 heavy (non-hydrogen) atoms. The van der Waals surface area contributed by atoms with Gasteiger partial charge in [0.05, 0.1) is 10.3 Å². The Morgan fingerprint density at radius 1 is 1.30 bits per heavy atom. The third kappa shape index (κ3) is 2.96. The van der Waals surface area contributed by atoms with E-state index in [1.807, 2.05) is 24.3 Å². The molecule has 0 radical (unpaired) electrons. The molecule has 0 saturated heterocycles. The summed E-state index contributed by atoms with van der Waals surface area (Å²) in [4.78, 5) is 4.40. The Morgan fingerprint density at radius 3 is 2.70 bits per heavy atom. The van der Waals surface area contributed by atoms with E-state index < -0.39 is 14.8 Å². The molecule has 0 aliphatic heterocycles. The fraction of sp³-hybridized carbons (Fsp3) is 0.438. The Hall–Kier alpha value is -1.21. The zero-order chi connectivity index (χ0) is 16.7. The quantitative estimate of drug-likeness (QED) is 0.866. The van der Waals surface area contributed by atoms with Crippen LogP contribution in [0.5, 0.6) is 0 Å². The van der Waals surface area contributed by atoms with Crippen LogP contribution in [0, 0.1) is 0 Å². The molecule has 1 aromatic heterocycles. The van der Waals surface area contributed by atoms with Crippen molar-refractivity contribution in [2.45, 2.75) is 24.1 Å². The summed E-state index contributed by atoms with van der Waals surface area (Å²) in [5.74, 6) is 0. The molecule has 1 saturated carbocycles. The summed E-state index contributed by atoms with van der Waals surface area (Å²) in [6.07, 6.45) is 3.15. The molecule has 0 bridgehead atoms. The topological polar surface area (TPSA) is 62.3 Å². The van der Waals surface area contributed by atoms with Crippen molar-refractivity contribution in [3.63, 3.8) is 0 Å². The number of fused-ring (bicyclic) bond motifs is 1. The number of hydrogen-bond acceptors (Lipinski definition) is 4. The van der Waals surface area contributed by atoms with Crippen LogP contribution >= 0.6 is 11.6 Å². The van der Waals surface area contributed by atoms with Crippen molar-refractivity contribution in [1.82, 2.24) is 14.6 Å². The highest BCUT2D eigenvalue weighted by atomic mass is 35.5. The number of aromatic nitrogens is 1. The van der Waals surface area contributed by atoms with Gasteiger partial charge in [0.25, 0.3) is 0 Å². The Balaban J connectivity index is 1.75. The Kier molecular flexibility index (Phi) is 4.35. The SMILES string of the molecule is CN(C)S(=O)(=O)C1(CNCc2ccc(Cl)c3cccnc23)CC1. The number of benzene rings is 1. The molecule has 1 aromatic carbocycles. The molecule has 0 atom stereocenters. The third-order valence-electron chi connectivity index (χ3n) is 4.40. The van der Waals surface area contributed by atoms with Crippen LogP contribution in [0.2, 0.25) is 5.02 Å². The predicted molar refractivity (Wildman–Crippen MR) is 93.0 cm³/mol. The number of halogens is 1. The van der Waals surface area contributed by atoms with Gasteiger partial charge < -0.3 is 5.32 Å². The van der Waals surface area contributed by atoms with E-state index in [1.165, 1.54) is 4.31 Å². The van der Waals surface area contributed by atoms with E-state index in [2.05, 4.69) is 10.3 Å². The van der Waals surface area contributed by atoms with Crippen molar-refractivity contribution in [3.05, 3.63) is 41.0 Å². The average Bonchev–Trinajstić information content (AvgIpc) is 3.31. The lowest BCUT2D eigenvalue weighted by atomic mass is 10.1. The molecule has 0 amide bonds. The fourth-order valence-electron chi connectivity index (χ4n) is 2.82. The van der Waals surface area contributed by atoms with E-state index in [4.69, 9.17) is 11.6 Å². The Labute approximate surface area is 141 Å². The monoisotopic (exact) mass is 353 g/mol. The highest BCUT2D eigenvalue weighted by molar-refractivity contribution is 7.90. The van der Waals surface area contributed by atoms with Gasteiger partial charge in [-0.2, -0.15) is 0 Å². The Bertz CT molecular complexity index is 832. The second kappa shape index (κ2) is 6.02. The number of pyridine rings is 1. The number of nitrogens with one attached hydrogen (secondary N) is 1. The Morgan fingerprint density at radius 2 is 2.04 bits per heavy atom. The van der Waals surface area contributed by atoms with E-state index in [-0.39, 0.29) is 0 Å². The number of hydrogen-bond donors (Lipinski definition) is 1. The highest BCUT2D eigenvalue weighted by Crippen LogP contribution is 2.44. The molecule has 2 aromatic rings. The molecule has 5 nitrogen and oxygen atoms in total. The van der Waals surface area contributed by atoms with Gasteiger partial charge in [-0.15, -0.1) is 0 Å². The van der Waals surface area contributed by atoms with Gasteiger partial charge in [0, 0.05) is 43.8 Å². The molecule has 124 valence electrons. The lowest BCUT2D eigenvalue weighted by Gasteiger charge is -2.21. The van der Waals surface area contributed by atoms with Crippen LogP contribution in [0.3, 0.4) is 0 Å². The van der Waals surface area contributed by atoms with Crippen molar-refractivity contribution in [2.24, 2.45) is 0 Å². The van der Waals surface area contributed by atoms with Gasteiger partial charge in [0.1, 0.15) is 0 Å². The van der Waals surface area contributed by atoms with Gasteiger partial charge in [0.15, 0.2) is 0 Å². The van der Waals surface area contributed by atoms with Gasteiger partial charge >= 0.3 is 0 Å². The van der Waals surface area contributed by atoms with Gasteiger partial charge in [-0.1, -0.05) is 17.7 Å². The minimum atomic E-state index is -3.23. The predicted octanol–water partition coefficient (Wildman–Crippen LogP) is 2.40. The van der Waals surface area contributed by atoms with Crippen molar-refractivity contribution in [1.29, 1.82) is 0 Å². The minimum absolute atomic E-state index is 0.449. The average molecular weight is 354 g/mol. The first kappa shape index (κ1) is 16.6. The molecule has 1 aliphatic carbocycles. The second-order valence-electron chi connectivity index (χ2n) is 6.18. The molecule has 0 spiro atoms. The molecule has 0 unspecified atom stereocenters. The van der Waals surface area contributed by atoms with E-state index in [0.717, 1.165) is 16.5 Å². The van der Waals surface area contributed by atoms with E-state index >= 15 is 0 Å². The first-order valence-corrected chi connectivity index (χ1v) is 9.34. The maximum absolute atomic E-state index is 12.4. The summed E-state index contributed by atoms with van der Waals surface area (Å²) in [6.45, 7) is 1.01. The standard InChI is InChI=1S/C16H20ClN3O2S/c1-20(2)23(21,22)16(7-8-16)11-18-10-12-5-6-14(17)13-4-3-9-19-15(12)13/h3-6,9,18H,7-8,10-11H2,1-2H3.